The monoisotopic (exact) mass is 300 g/mol. The zero-order chi connectivity index (χ0) is 11.5. The first-order chi connectivity index (χ1) is 7.70. The predicted octanol–water partition coefficient (Wildman–Crippen LogP) is 3.43. The molecule has 0 atom stereocenters. The lowest BCUT2D eigenvalue weighted by Gasteiger charge is -1.99. The van der Waals surface area contributed by atoms with Crippen LogP contribution in [0.1, 0.15) is 5.01 Å². The molecule has 0 aliphatic rings. The number of hydrogen-bond donors (Lipinski definition) is 1. The number of thiazole rings is 1. The van der Waals surface area contributed by atoms with Crippen molar-refractivity contribution in [2.24, 2.45) is 0 Å². The van der Waals surface area contributed by atoms with E-state index in [0.717, 1.165) is 22.8 Å². The van der Waals surface area contributed by atoms with Crippen LogP contribution in [0.25, 0.3) is 11.3 Å². The molecule has 0 bridgehead atoms. The predicted molar refractivity (Wildman–Crippen MR) is 68.0 cm³/mol. The average molecular weight is 301 g/mol. The third kappa shape index (κ3) is 2.48. The summed E-state index contributed by atoms with van der Waals surface area (Å²) in [7, 11) is 1.88. The fraction of sp³-hybridized carbons (Fsp3) is 0.182. The summed E-state index contributed by atoms with van der Waals surface area (Å²) in [6.45, 7) is 0.757. The van der Waals surface area contributed by atoms with Gasteiger partial charge in [0.15, 0.2) is 0 Å². The van der Waals surface area contributed by atoms with Gasteiger partial charge in [-0.25, -0.2) is 9.37 Å². The van der Waals surface area contributed by atoms with Crippen LogP contribution in [0.15, 0.2) is 28.1 Å². The maximum absolute atomic E-state index is 13.1. The number of benzene rings is 1. The lowest BCUT2D eigenvalue weighted by Crippen LogP contribution is -2.04. The fourth-order valence-electron chi connectivity index (χ4n) is 1.33. The van der Waals surface area contributed by atoms with Gasteiger partial charge in [0.2, 0.25) is 0 Å². The molecule has 0 saturated heterocycles. The van der Waals surface area contributed by atoms with Crippen LogP contribution < -0.4 is 5.32 Å². The minimum absolute atomic E-state index is 0.255. The molecule has 2 nitrogen and oxygen atoms in total. The third-order valence-electron chi connectivity index (χ3n) is 2.10. The van der Waals surface area contributed by atoms with Gasteiger partial charge in [-0.1, -0.05) is 0 Å². The second kappa shape index (κ2) is 5.03. The van der Waals surface area contributed by atoms with Crippen molar-refractivity contribution in [3.8, 4) is 11.3 Å². The Kier molecular flexibility index (Phi) is 3.68. The van der Waals surface area contributed by atoms with Gasteiger partial charge in [0, 0.05) is 17.5 Å². The summed E-state index contributed by atoms with van der Waals surface area (Å²) in [5.41, 5.74) is 1.81. The molecule has 0 fully saturated rings. The first-order valence-electron chi connectivity index (χ1n) is 4.75. The molecule has 5 heteroatoms. The molecule has 1 N–H and O–H groups in total. The number of nitrogens with zero attached hydrogens (tertiary/aromatic N) is 1. The van der Waals surface area contributed by atoms with Crippen LogP contribution in [0.4, 0.5) is 4.39 Å². The largest absolute Gasteiger partial charge is 0.314 e. The van der Waals surface area contributed by atoms with E-state index in [1.165, 1.54) is 6.07 Å². The van der Waals surface area contributed by atoms with Crippen molar-refractivity contribution in [1.82, 2.24) is 10.3 Å². The van der Waals surface area contributed by atoms with E-state index in [-0.39, 0.29) is 5.82 Å². The quantitative estimate of drug-likeness (QED) is 0.939. The molecule has 1 aromatic heterocycles. The molecule has 0 saturated carbocycles. The molecular weight excluding hydrogens is 291 g/mol. The van der Waals surface area contributed by atoms with E-state index in [1.807, 2.05) is 12.4 Å². The van der Waals surface area contributed by atoms with Crippen molar-refractivity contribution in [3.05, 3.63) is 38.9 Å². The normalized spacial score (nSPS) is 10.7. The molecule has 2 rings (SSSR count). The lowest BCUT2D eigenvalue weighted by atomic mass is 10.2. The molecule has 0 aliphatic heterocycles. The summed E-state index contributed by atoms with van der Waals surface area (Å²) >= 11 is 4.77. The summed E-state index contributed by atoms with van der Waals surface area (Å²) in [4.78, 5) is 4.45. The molecule has 0 amide bonds. The SMILES string of the molecule is CNCc1nc(-c2ccc(F)c(Br)c2)cs1. The Hall–Kier alpha value is -0.780. The molecule has 0 spiro atoms. The molecule has 0 unspecified atom stereocenters. The highest BCUT2D eigenvalue weighted by Gasteiger charge is 2.06. The van der Waals surface area contributed by atoms with Crippen LogP contribution in [0.2, 0.25) is 0 Å². The molecule has 0 aliphatic carbocycles. The van der Waals surface area contributed by atoms with E-state index in [9.17, 15) is 4.39 Å². The highest BCUT2D eigenvalue weighted by Crippen LogP contribution is 2.26. The van der Waals surface area contributed by atoms with Crippen molar-refractivity contribution >= 4 is 27.3 Å². The maximum atomic E-state index is 13.1. The van der Waals surface area contributed by atoms with Gasteiger partial charge < -0.3 is 5.32 Å². The second-order valence-electron chi connectivity index (χ2n) is 3.29. The van der Waals surface area contributed by atoms with E-state index in [1.54, 1.807) is 23.5 Å². The second-order valence-corrected chi connectivity index (χ2v) is 5.08. The number of aromatic nitrogens is 1. The third-order valence-corrected chi connectivity index (χ3v) is 3.55. The molecule has 16 heavy (non-hydrogen) atoms. The van der Waals surface area contributed by atoms with Crippen molar-refractivity contribution < 1.29 is 4.39 Å². The van der Waals surface area contributed by atoms with Crippen LogP contribution in [-0.2, 0) is 6.54 Å². The fourth-order valence-corrected chi connectivity index (χ4v) is 2.53. The minimum atomic E-state index is -0.255. The van der Waals surface area contributed by atoms with Crippen molar-refractivity contribution in [2.45, 2.75) is 6.54 Å². The van der Waals surface area contributed by atoms with Crippen LogP contribution in [0.3, 0.4) is 0 Å². The Labute approximate surface area is 106 Å². The van der Waals surface area contributed by atoms with Gasteiger partial charge in [-0.3, -0.25) is 0 Å². The molecule has 2 aromatic rings. The zero-order valence-electron chi connectivity index (χ0n) is 8.63. The standard InChI is InChI=1S/C11H10BrFN2S/c1-14-5-11-15-10(6-16-11)7-2-3-9(13)8(12)4-7/h2-4,6,14H,5H2,1H3. The van der Waals surface area contributed by atoms with Gasteiger partial charge in [0.1, 0.15) is 10.8 Å². The lowest BCUT2D eigenvalue weighted by molar-refractivity contribution is 0.621. The van der Waals surface area contributed by atoms with E-state index >= 15 is 0 Å². The zero-order valence-corrected chi connectivity index (χ0v) is 11.0. The van der Waals surface area contributed by atoms with Crippen LogP contribution in [-0.4, -0.2) is 12.0 Å². The first kappa shape index (κ1) is 11.7. The molecular formula is C11H10BrFN2S. The maximum Gasteiger partial charge on any atom is 0.137 e. The van der Waals surface area contributed by atoms with E-state index < -0.39 is 0 Å². The van der Waals surface area contributed by atoms with Gasteiger partial charge in [-0.05, 0) is 41.2 Å². The Balaban J connectivity index is 2.31. The Bertz CT molecular complexity index is 498. The van der Waals surface area contributed by atoms with Crippen LogP contribution in [0, 0.1) is 5.82 Å². The van der Waals surface area contributed by atoms with E-state index in [0.29, 0.717) is 4.47 Å². The number of halogens is 2. The molecule has 84 valence electrons. The number of hydrogen-bond acceptors (Lipinski definition) is 3. The molecule has 1 heterocycles. The van der Waals surface area contributed by atoms with Crippen LogP contribution >= 0.6 is 27.3 Å². The van der Waals surface area contributed by atoms with E-state index in [2.05, 4.69) is 26.2 Å². The van der Waals surface area contributed by atoms with Gasteiger partial charge >= 0.3 is 0 Å². The van der Waals surface area contributed by atoms with Crippen molar-refractivity contribution in [2.75, 3.05) is 7.05 Å². The number of rotatable bonds is 3. The van der Waals surface area contributed by atoms with Crippen molar-refractivity contribution in [3.63, 3.8) is 0 Å². The average Bonchev–Trinajstić information content (AvgIpc) is 2.71. The van der Waals surface area contributed by atoms with Gasteiger partial charge in [0.05, 0.1) is 10.2 Å². The minimum Gasteiger partial charge on any atom is -0.314 e. The number of nitrogens with one attached hydrogen (secondary N) is 1. The molecule has 1 aromatic carbocycles. The Morgan fingerprint density at radius 2 is 2.31 bits per heavy atom. The summed E-state index contributed by atoms with van der Waals surface area (Å²) in [5.74, 6) is -0.255. The molecule has 0 radical (unpaired) electrons. The highest BCUT2D eigenvalue weighted by atomic mass is 79.9. The highest BCUT2D eigenvalue weighted by molar-refractivity contribution is 9.10. The van der Waals surface area contributed by atoms with Gasteiger partial charge in [-0.2, -0.15) is 0 Å². The summed E-state index contributed by atoms with van der Waals surface area (Å²) in [6.07, 6.45) is 0. The summed E-state index contributed by atoms with van der Waals surface area (Å²) < 4.78 is 13.5. The smallest absolute Gasteiger partial charge is 0.137 e. The van der Waals surface area contributed by atoms with Gasteiger partial charge in [0.25, 0.3) is 0 Å². The summed E-state index contributed by atoms with van der Waals surface area (Å²) in [5, 5.41) is 6.05. The Morgan fingerprint density at radius 3 is 3.00 bits per heavy atom. The Morgan fingerprint density at radius 1 is 1.50 bits per heavy atom. The van der Waals surface area contributed by atoms with Crippen LogP contribution in [0.5, 0.6) is 0 Å². The van der Waals surface area contributed by atoms with E-state index in [4.69, 9.17) is 0 Å². The van der Waals surface area contributed by atoms with Crippen molar-refractivity contribution in [1.29, 1.82) is 0 Å². The first-order valence-corrected chi connectivity index (χ1v) is 6.42. The topological polar surface area (TPSA) is 24.9 Å². The summed E-state index contributed by atoms with van der Waals surface area (Å²) in [6, 6.07) is 4.92. The van der Waals surface area contributed by atoms with Gasteiger partial charge in [-0.15, -0.1) is 11.3 Å².